The first-order valence-corrected chi connectivity index (χ1v) is 6.67. The summed E-state index contributed by atoms with van der Waals surface area (Å²) < 4.78 is 5.74. The first-order chi connectivity index (χ1) is 10.2. The topological polar surface area (TPSA) is 46.5 Å². The van der Waals surface area contributed by atoms with Crippen LogP contribution in [-0.4, -0.2) is 40.6 Å². The number of aromatic carboxylic acids is 1. The summed E-state index contributed by atoms with van der Waals surface area (Å²) in [5, 5.41) is 11.2. The number of hydrogen-bond acceptors (Lipinski definition) is 2. The Labute approximate surface area is 150 Å². The number of carbonyl (C=O) groups is 1. The van der Waals surface area contributed by atoms with Gasteiger partial charge in [-0.05, 0) is 40.6 Å². The third-order valence-electron chi connectivity index (χ3n) is 3.38. The summed E-state index contributed by atoms with van der Waals surface area (Å²) in [6.45, 7) is 0.452. The van der Waals surface area contributed by atoms with Crippen molar-refractivity contribution in [2.24, 2.45) is 0 Å². The second kappa shape index (κ2) is 7.45. The minimum Gasteiger partial charge on any atom is -0.489 e. The molecule has 3 nitrogen and oxygen atoms in total. The van der Waals surface area contributed by atoms with Crippen molar-refractivity contribution in [2.75, 3.05) is 0 Å². The quantitative estimate of drug-likeness (QED) is 0.747. The minimum absolute atomic E-state index is 0. The van der Waals surface area contributed by atoms with Gasteiger partial charge in [0.25, 0.3) is 0 Å². The van der Waals surface area contributed by atoms with Gasteiger partial charge in [-0.3, -0.25) is 0 Å². The first kappa shape index (κ1) is 16.6. The summed E-state index contributed by atoms with van der Waals surface area (Å²) >= 11 is 0. The van der Waals surface area contributed by atoms with Gasteiger partial charge in [0.05, 0.1) is 5.56 Å². The van der Waals surface area contributed by atoms with Gasteiger partial charge in [-0.15, -0.1) is 0 Å². The first-order valence-electron chi connectivity index (χ1n) is 6.67. The van der Waals surface area contributed by atoms with E-state index in [1.54, 1.807) is 24.3 Å². The zero-order chi connectivity index (χ0) is 14.7. The molecule has 1 N–H and O–H groups in total. The normalized spacial score (nSPS) is 10.0. The van der Waals surface area contributed by atoms with Crippen molar-refractivity contribution < 1.29 is 14.6 Å². The molecule has 0 aliphatic rings. The molecule has 0 saturated heterocycles. The maximum Gasteiger partial charge on any atom is 0.335 e. The van der Waals surface area contributed by atoms with Crippen molar-refractivity contribution in [3.05, 3.63) is 77.9 Å². The number of benzene rings is 3. The van der Waals surface area contributed by atoms with E-state index in [0.717, 1.165) is 5.56 Å². The summed E-state index contributed by atoms with van der Waals surface area (Å²) in [6, 6.07) is 20.7. The third-order valence-corrected chi connectivity index (χ3v) is 3.38. The van der Waals surface area contributed by atoms with E-state index in [0.29, 0.717) is 12.4 Å². The fourth-order valence-corrected chi connectivity index (χ4v) is 2.27. The molecule has 22 heavy (non-hydrogen) atoms. The van der Waals surface area contributed by atoms with Gasteiger partial charge in [0.15, 0.2) is 0 Å². The molecule has 4 heteroatoms. The van der Waals surface area contributed by atoms with Gasteiger partial charge in [0.2, 0.25) is 0 Å². The van der Waals surface area contributed by atoms with Crippen molar-refractivity contribution in [1.82, 2.24) is 0 Å². The Balaban J connectivity index is 0.00000176. The summed E-state index contributed by atoms with van der Waals surface area (Å²) in [5.41, 5.74) is 1.36. The van der Waals surface area contributed by atoms with Crippen molar-refractivity contribution in [3.8, 4) is 5.75 Å². The third kappa shape index (κ3) is 3.69. The Morgan fingerprint density at radius 2 is 1.59 bits per heavy atom. The van der Waals surface area contributed by atoms with E-state index in [1.807, 2.05) is 24.3 Å². The van der Waals surface area contributed by atoms with Crippen LogP contribution in [0.3, 0.4) is 0 Å². The van der Waals surface area contributed by atoms with Crippen LogP contribution >= 0.6 is 0 Å². The Morgan fingerprint density at radius 3 is 2.32 bits per heavy atom. The van der Waals surface area contributed by atoms with Crippen LogP contribution in [0.1, 0.15) is 15.9 Å². The molecular weight excluding hydrogens is 287 g/mol. The van der Waals surface area contributed by atoms with Gasteiger partial charge >= 0.3 is 5.97 Å². The molecule has 0 unspecified atom stereocenters. The Hall–Kier alpha value is -1.81. The average molecular weight is 301 g/mol. The largest absolute Gasteiger partial charge is 0.489 e. The van der Waals surface area contributed by atoms with Gasteiger partial charge in [-0.25, -0.2) is 4.79 Å². The standard InChI is InChI=1S/C18H14O3.Na/c19-18(20)14-8-10-16(11-9-14)21-12-15-6-3-5-13-4-1-2-7-17(13)15;/h1-11H,12H2,(H,19,20);. The Morgan fingerprint density at radius 1 is 0.909 bits per heavy atom. The van der Waals surface area contributed by atoms with E-state index in [4.69, 9.17) is 9.84 Å². The summed E-state index contributed by atoms with van der Waals surface area (Å²) in [4.78, 5) is 10.8. The second-order valence-corrected chi connectivity index (χ2v) is 4.76. The van der Waals surface area contributed by atoms with Crippen LogP contribution in [0.2, 0.25) is 0 Å². The molecule has 0 aromatic heterocycles. The predicted octanol–water partition coefficient (Wildman–Crippen LogP) is 3.74. The second-order valence-electron chi connectivity index (χ2n) is 4.76. The fraction of sp³-hybridized carbons (Fsp3) is 0.0556. The SMILES string of the molecule is O=C(O)c1ccc(OCc2cccc3ccccc23)cc1.[Na]. The van der Waals surface area contributed by atoms with Crippen LogP contribution in [0.5, 0.6) is 5.75 Å². The average Bonchev–Trinajstić information content (AvgIpc) is 2.53. The van der Waals surface area contributed by atoms with Crippen molar-refractivity contribution in [2.45, 2.75) is 6.61 Å². The molecule has 0 amide bonds. The van der Waals surface area contributed by atoms with Crippen LogP contribution in [-0.2, 0) is 6.61 Å². The molecule has 0 aliphatic heterocycles. The zero-order valence-electron chi connectivity index (χ0n) is 12.3. The summed E-state index contributed by atoms with van der Waals surface area (Å²) in [6.07, 6.45) is 0. The molecule has 3 aromatic carbocycles. The molecular formula is C18H14NaO3. The fourth-order valence-electron chi connectivity index (χ4n) is 2.27. The van der Waals surface area contributed by atoms with Gasteiger partial charge in [-0.2, -0.15) is 0 Å². The van der Waals surface area contributed by atoms with Crippen LogP contribution < -0.4 is 4.74 Å². The van der Waals surface area contributed by atoms with E-state index in [-0.39, 0.29) is 35.1 Å². The monoisotopic (exact) mass is 301 g/mol. The molecule has 0 heterocycles. The Kier molecular flexibility index (Phi) is 5.61. The number of fused-ring (bicyclic) bond motifs is 1. The van der Waals surface area contributed by atoms with E-state index < -0.39 is 5.97 Å². The zero-order valence-corrected chi connectivity index (χ0v) is 14.3. The number of rotatable bonds is 4. The van der Waals surface area contributed by atoms with Crippen LogP contribution in [0, 0.1) is 0 Å². The van der Waals surface area contributed by atoms with E-state index >= 15 is 0 Å². The number of ether oxygens (including phenoxy) is 1. The maximum absolute atomic E-state index is 10.8. The van der Waals surface area contributed by atoms with Crippen LogP contribution in [0.15, 0.2) is 66.7 Å². The van der Waals surface area contributed by atoms with Gasteiger partial charge in [0, 0.05) is 29.6 Å². The predicted molar refractivity (Wildman–Crippen MR) is 87.4 cm³/mol. The number of carboxylic acids is 1. The molecule has 0 saturated carbocycles. The molecule has 3 aromatic rings. The van der Waals surface area contributed by atoms with Crippen LogP contribution in [0.25, 0.3) is 10.8 Å². The van der Waals surface area contributed by atoms with Gasteiger partial charge in [-0.1, -0.05) is 42.5 Å². The van der Waals surface area contributed by atoms with Gasteiger partial charge in [0.1, 0.15) is 12.4 Å². The summed E-state index contributed by atoms with van der Waals surface area (Å²) in [7, 11) is 0. The molecule has 105 valence electrons. The molecule has 0 bridgehead atoms. The van der Waals surface area contributed by atoms with Crippen molar-refractivity contribution >= 4 is 46.3 Å². The van der Waals surface area contributed by atoms with Crippen molar-refractivity contribution in [3.63, 3.8) is 0 Å². The van der Waals surface area contributed by atoms with Crippen LogP contribution in [0.4, 0.5) is 0 Å². The molecule has 0 aliphatic carbocycles. The van der Waals surface area contributed by atoms with E-state index in [2.05, 4.69) is 18.2 Å². The molecule has 0 spiro atoms. The van der Waals surface area contributed by atoms with Gasteiger partial charge < -0.3 is 9.84 Å². The molecule has 1 radical (unpaired) electrons. The number of hydrogen-bond donors (Lipinski definition) is 1. The molecule has 3 rings (SSSR count). The van der Waals surface area contributed by atoms with Crippen molar-refractivity contribution in [1.29, 1.82) is 0 Å². The number of carboxylic acid groups (broad SMARTS) is 1. The Bertz CT molecular complexity index is 776. The molecule has 0 atom stereocenters. The van der Waals surface area contributed by atoms with E-state index in [1.165, 1.54) is 10.8 Å². The smallest absolute Gasteiger partial charge is 0.335 e. The summed E-state index contributed by atoms with van der Waals surface area (Å²) in [5.74, 6) is -0.275. The minimum atomic E-state index is -0.935. The molecule has 0 fully saturated rings. The van der Waals surface area contributed by atoms with E-state index in [9.17, 15) is 4.79 Å². The maximum atomic E-state index is 10.8.